The average Bonchev–Trinajstić information content (AvgIpc) is 1.32. The Morgan fingerprint density at radius 2 is 1.50 bits per heavy atom. The Balaban J connectivity index is 2.31. The molecule has 1 heterocycles. The molecule has 0 aromatic heterocycles. The molecule has 0 aromatic rings. The van der Waals surface area contributed by atoms with E-state index in [0.717, 1.165) is 6.42 Å². The van der Waals surface area contributed by atoms with Crippen molar-refractivity contribution < 1.29 is 8.22 Å². The first-order chi connectivity index (χ1) is 2.71. The van der Waals surface area contributed by atoms with Crippen molar-refractivity contribution in [2.75, 3.05) is 0 Å². The molecule has 0 radical (unpaired) electrons. The Bertz CT molecular complexity index is 55.8. The van der Waals surface area contributed by atoms with Gasteiger partial charge in [0.1, 0.15) is 0 Å². The Morgan fingerprint density at radius 1 is 1.17 bits per heavy atom. The van der Waals surface area contributed by atoms with E-state index in [-0.39, 0.29) is 12.1 Å². The van der Waals surface area contributed by atoms with Crippen molar-refractivity contribution >= 4 is 8.74 Å². The van der Waals surface area contributed by atoms with Gasteiger partial charge in [-0.25, -0.2) is 0 Å². The molecule has 0 atom stereocenters. The SMILES string of the molecule is F[Si]1(F)CCC1. The van der Waals surface area contributed by atoms with Crippen molar-refractivity contribution in [1.29, 1.82) is 0 Å². The minimum atomic E-state index is -3.45. The first-order valence-corrected chi connectivity index (χ1v) is 4.26. The van der Waals surface area contributed by atoms with Gasteiger partial charge in [0.2, 0.25) is 0 Å². The van der Waals surface area contributed by atoms with E-state index in [0.29, 0.717) is 0 Å². The Labute approximate surface area is 36.5 Å². The third-order valence-electron chi connectivity index (χ3n) is 1.09. The molecular weight excluding hydrogens is 102 g/mol. The normalized spacial score (nSPS) is 29.0. The fourth-order valence-corrected chi connectivity index (χ4v) is 1.33. The lowest BCUT2D eigenvalue weighted by atomic mass is 10.5. The number of hydrogen-bond acceptors (Lipinski definition) is 0. The van der Waals surface area contributed by atoms with Crippen molar-refractivity contribution in [2.45, 2.75) is 18.5 Å². The highest BCUT2D eigenvalue weighted by Crippen LogP contribution is 2.33. The fraction of sp³-hybridized carbons (Fsp3) is 1.00. The summed E-state index contributed by atoms with van der Waals surface area (Å²) in [6.45, 7) is 0. The van der Waals surface area contributed by atoms with Crippen molar-refractivity contribution in [3.63, 3.8) is 0 Å². The quantitative estimate of drug-likeness (QED) is 0.327. The summed E-state index contributed by atoms with van der Waals surface area (Å²) in [4.78, 5) is 0. The molecule has 1 aliphatic heterocycles. The van der Waals surface area contributed by atoms with Gasteiger partial charge >= 0.3 is 8.74 Å². The summed E-state index contributed by atoms with van der Waals surface area (Å²) in [5.41, 5.74) is 0. The van der Waals surface area contributed by atoms with Crippen LogP contribution in [0.15, 0.2) is 0 Å². The van der Waals surface area contributed by atoms with Gasteiger partial charge in [-0.15, -0.1) is 0 Å². The van der Waals surface area contributed by atoms with Crippen molar-refractivity contribution in [3.05, 3.63) is 0 Å². The molecule has 1 rings (SSSR count). The minimum absolute atomic E-state index is 0.257. The van der Waals surface area contributed by atoms with E-state index < -0.39 is 8.74 Å². The van der Waals surface area contributed by atoms with E-state index in [2.05, 4.69) is 0 Å². The van der Waals surface area contributed by atoms with Gasteiger partial charge in [-0.1, -0.05) is 0 Å². The van der Waals surface area contributed by atoms with Crippen LogP contribution in [-0.4, -0.2) is 8.74 Å². The maximum atomic E-state index is 11.7. The molecule has 1 fully saturated rings. The minimum Gasteiger partial charge on any atom is -0.270 e. The Hall–Kier alpha value is 0.0769. The highest BCUT2D eigenvalue weighted by molar-refractivity contribution is 6.68. The van der Waals surface area contributed by atoms with Gasteiger partial charge in [0.15, 0.2) is 0 Å². The number of rotatable bonds is 0. The third kappa shape index (κ3) is 0.592. The Kier molecular flexibility index (Phi) is 0.724. The van der Waals surface area contributed by atoms with Gasteiger partial charge < -0.3 is 0 Å². The van der Waals surface area contributed by atoms with E-state index in [1.807, 2.05) is 0 Å². The van der Waals surface area contributed by atoms with Gasteiger partial charge in [-0.2, -0.15) is 0 Å². The molecule has 0 aromatic carbocycles. The monoisotopic (exact) mass is 108 g/mol. The predicted octanol–water partition coefficient (Wildman–Crippen LogP) is 1.77. The van der Waals surface area contributed by atoms with Crippen LogP contribution in [0.1, 0.15) is 6.42 Å². The molecule has 0 bridgehead atoms. The Morgan fingerprint density at radius 3 is 1.50 bits per heavy atom. The van der Waals surface area contributed by atoms with E-state index in [9.17, 15) is 8.22 Å². The van der Waals surface area contributed by atoms with Crippen molar-refractivity contribution in [3.8, 4) is 0 Å². The van der Waals surface area contributed by atoms with Crippen molar-refractivity contribution in [2.24, 2.45) is 0 Å². The molecule has 0 unspecified atom stereocenters. The van der Waals surface area contributed by atoms with Gasteiger partial charge in [0.25, 0.3) is 0 Å². The molecule has 6 heavy (non-hydrogen) atoms. The van der Waals surface area contributed by atoms with E-state index in [1.165, 1.54) is 0 Å². The summed E-state index contributed by atoms with van der Waals surface area (Å²) in [7, 11) is -3.45. The molecule has 1 aliphatic rings. The molecule has 0 aliphatic carbocycles. The lowest BCUT2D eigenvalue weighted by molar-refractivity contribution is 0.534. The highest BCUT2D eigenvalue weighted by Gasteiger charge is 2.42. The van der Waals surface area contributed by atoms with Gasteiger partial charge in [-0.3, -0.25) is 8.22 Å². The second-order valence-electron chi connectivity index (χ2n) is 1.71. The van der Waals surface area contributed by atoms with E-state index in [4.69, 9.17) is 0 Å². The van der Waals surface area contributed by atoms with Gasteiger partial charge in [0, 0.05) is 0 Å². The maximum absolute atomic E-state index is 11.7. The van der Waals surface area contributed by atoms with Crippen LogP contribution in [0.2, 0.25) is 12.1 Å². The van der Waals surface area contributed by atoms with Crippen LogP contribution in [0, 0.1) is 0 Å². The predicted molar refractivity (Wildman–Crippen MR) is 22.2 cm³/mol. The highest BCUT2D eigenvalue weighted by atomic mass is 28.4. The van der Waals surface area contributed by atoms with Gasteiger partial charge in [0.05, 0.1) is 0 Å². The smallest absolute Gasteiger partial charge is 0.270 e. The summed E-state index contributed by atoms with van der Waals surface area (Å²) in [5.74, 6) is 0. The summed E-state index contributed by atoms with van der Waals surface area (Å²) < 4.78 is 23.4. The second-order valence-corrected chi connectivity index (χ2v) is 4.42. The number of halogens is 2. The maximum Gasteiger partial charge on any atom is 0.424 e. The molecule has 1 saturated heterocycles. The largest absolute Gasteiger partial charge is 0.424 e. The first kappa shape index (κ1) is 4.24. The topological polar surface area (TPSA) is 0 Å². The first-order valence-electron chi connectivity index (χ1n) is 2.09. The summed E-state index contributed by atoms with van der Waals surface area (Å²) in [6, 6.07) is 0.514. The molecule has 0 spiro atoms. The van der Waals surface area contributed by atoms with Crippen LogP contribution in [-0.2, 0) is 0 Å². The zero-order valence-electron chi connectivity index (χ0n) is 3.38. The van der Waals surface area contributed by atoms with Crippen LogP contribution in [0.4, 0.5) is 8.22 Å². The van der Waals surface area contributed by atoms with Crippen molar-refractivity contribution in [1.82, 2.24) is 0 Å². The molecule has 3 heteroatoms. The average molecular weight is 108 g/mol. The zero-order chi connectivity index (χ0) is 4.62. The van der Waals surface area contributed by atoms with Gasteiger partial charge in [-0.05, 0) is 18.5 Å². The standard InChI is InChI=1S/C3H6F2Si/c4-6(5)2-1-3-6/h1-3H2. The molecule has 0 amide bonds. The van der Waals surface area contributed by atoms with E-state index >= 15 is 0 Å². The zero-order valence-corrected chi connectivity index (χ0v) is 4.38. The van der Waals surface area contributed by atoms with Crippen LogP contribution in [0.25, 0.3) is 0 Å². The summed E-state index contributed by atoms with van der Waals surface area (Å²) in [6.07, 6.45) is 0.777. The molecule has 36 valence electrons. The van der Waals surface area contributed by atoms with Crippen LogP contribution in [0.5, 0.6) is 0 Å². The van der Waals surface area contributed by atoms with Crippen LogP contribution >= 0.6 is 0 Å². The fourth-order valence-electron chi connectivity index (χ4n) is 0.444. The lowest BCUT2D eigenvalue weighted by Crippen LogP contribution is -2.30. The van der Waals surface area contributed by atoms with Crippen LogP contribution < -0.4 is 0 Å². The molecular formula is C3H6F2Si. The number of hydrogen-bond donors (Lipinski definition) is 0. The summed E-state index contributed by atoms with van der Waals surface area (Å²) in [5, 5.41) is 0. The second kappa shape index (κ2) is 1.02. The summed E-state index contributed by atoms with van der Waals surface area (Å²) >= 11 is 0. The lowest BCUT2D eigenvalue weighted by Gasteiger charge is -2.19. The van der Waals surface area contributed by atoms with E-state index in [1.54, 1.807) is 0 Å². The van der Waals surface area contributed by atoms with Crippen LogP contribution in [0.3, 0.4) is 0 Å². The molecule has 0 nitrogen and oxygen atoms in total. The molecule has 0 N–H and O–H groups in total. The third-order valence-corrected chi connectivity index (χ3v) is 3.26. The molecule has 0 saturated carbocycles.